The van der Waals surface area contributed by atoms with E-state index in [1.165, 1.54) is 128 Å². The quantitative estimate of drug-likeness (QED) is 0.0211. The van der Waals surface area contributed by atoms with Crippen LogP contribution in [0.5, 0.6) is 0 Å². The molecule has 10 heteroatoms. The molecule has 2 unspecified atom stereocenters. The summed E-state index contributed by atoms with van der Waals surface area (Å²) in [5.74, 6) is -0.839. The molecule has 80 heavy (non-hydrogen) atoms. The second-order valence-corrected chi connectivity index (χ2v) is 23.9. The first-order valence-corrected chi connectivity index (χ1v) is 33.8. The summed E-state index contributed by atoms with van der Waals surface area (Å²) >= 11 is 0. The van der Waals surface area contributed by atoms with Crippen molar-refractivity contribution in [3.05, 3.63) is 122 Å². The Balaban J connectivity index is 4.17. The molecule has 0 bridgehead atoms. The Morgan fingerprint density at radius 3 is 1.07 bits per heavy atom. The number of carbonyl (C=O) groups is 2. The van der Waals surface area contributed by atoms with Crippen molar-refractivity contribution in [2.75, 3.05) is 47.5 Å². The van der Waals surface area contributed by atoms with E-state index in [0.29, 0.717) is 17.4 Å². The van der Waals surface area contributed by atoms with Crippen molar-refractivity contribution < 1.29 is 42.1 Å². The number of likely N-dealkylation sites (N-methyl/N-ethyl adjacent to an activating group) is 1. The maximum Gasteiger partial charge on any atom is 0.472 e. The van der Waals surface area contributed by atoms with Gasteiger partial charge in [0.05, 0.1) is 27.7 Å². The highest BCUT2D eigenvalue weighted by Crippen LogP contribution is 2.43. The molecular weight excluding hydrogens is 1010 g/mol. The maximum absolute atomic E-state index is 12.8. The monoisotopic (exact) mass is 1130 g/mol. The fourth-order valence-corrected chi connectivity index (χ4v) is 9.27. The van der Waals surface area contributed by atoms with E-state index in [-0.39, 0.29) is 32.0 Å². The highest BCUT2D eigenvalue weighted by Gasteiger charge is 2.27. The van der Waals surface area contributed by atoms with Gasteiger partial charge < -0.3 is 18.9 Å². The first-order chi connectivity index (χ1) is 39.0. The van der Waals surface area contributed by atoms with E-state index in [4.69, 9.17) is 18.5 Å². The molecule has 0 spiro atoms. The smallest absolute Gasteiger partial charge is 0.462 e. The maximum atomic E-state index is 12.8. The topological polar surface area (TPSA) is 108 Å². The minimum absolute atomic E-state index is 0.0189. The van der Waals surface area contributed by atoms with Crippen LogP contribution in [0.1, 0.15) is 258 Å². The number of carbonyl (C=O) groups excluding carboxylic acids is 2. The Morgan fingerprint density at radius 1 is 0.400 bits per heavy atom. The van der Waals surface area contributed by atoms with Gasteiger partial charge in [-0.05, 0) is 109 Å². The van der Waals surface area contributed by atoms with Crippen molar-refractivity contribution in [2.24, 2.45) is 0 Å². The molecule has 0 rings (SSSR count). The first kappa shape index (κ1) is 76.4. The number of phosphoric ester groups is 1. The summed E-state index contributed by atoms with van der Waals surface area (Å²) in [6.07, 6.45) is 85.7. The van der Waals surface area contributed by atoms with Crippen LogP contribution in [-0.2, 0) is 32.7 Å². The number of nitrogens with zero attached hydrogens (tertiary/aromatic N) is 1. The zero-order valence-electron chi connectivity index (χ0n) is 52.0. The average molecular weight is 1140 g/mol. The van der Waals surface area contributed by atoms with Crippen LogP contribution < -0.4 is 0 Å². The van der Waals surface area contributed by atoms with Gasteiger partial charge in [-0.15, -0.1) is 0 Å². The highest BCUT2D eigenvalue weighted by molar-refractivity contribution is 7.47. The van der Waals surface area contributed by atoms with Gasteiger partial charge in [0.1, 0.15) is 19.8 Å². The Hall–Kier alpha value is -3.59. The van der Waals surface area contributed by atoms with Crippen LogP contribution in [0.4, 0.5) is 0 Å². The summed E-state index contributed by atoms with van der Waals surface area (Å²) in [6, 6.07) is 0. The van der Waals surface area contributed by atoms with Gasteiger partial charge >= 0.3 is 19.8 Å². The molecule has 0 heterocycles. The summed E-state index contributed by atoms with van der Waals surface area (Å²) < 4.78 is 34.6. The molecule has 458 valence electrons. The van der Waals surface area contributed by atoms with Crippen molar-refractivity contribution in [2.45, 2.75) is 264 Å². The van der Waals surface area contributed by atoms with Gasteiger partial charge in [0.15, 0.2) is 6.10 Å². The predicted octanol–water partition coefficient (Wildman–Crippen LogP) is 20.7. The fraction of sp³-hybridized carbons (Fsp3) is 0.686. The molecular formula is C70H121NO8P+. The summed E-state index contributed by atoms with van der Waals surface area (Å²) in [5, 5.41) is 0. The zero-order chi connectivity index (χ0) is 58.4. The molecule has 0 aromatic carbocycles. The largest absolute Gasteiger partial charge is 0.472 e. The van der Waals surface area contributed by atoms with Crippen molar-refractivity contribution in [3.63, 3.8) is 0 Å². The molecule has 0 aliphatic rings. The van der Waals surface area contributed by atoms with Gasteiger partial charge in [0.25, 0.3) is 0 Å². The number of esters is 2. The number of unbranched alkanes of at least 4 members (excludes halogenated alkanes) is 24. The van der Waals surface area contributed by atoms with Crippen LogP contribution in [0.2, 0.25) is 0 Å². The lowest BCUT2D eigenvalue weighted by Gasteiger charge is -2.24. The van der Waals surface area contributed by atoms with E-state index >= 15 is 0 Å². The summed E-state index contributed by atoms with van der Waals surface area (Å²) in [4.78, 5) is 35.8. The third-order valence-corrected chi connectivity index (χ3v) is 14.5. The molecule has 9 nitrogen and oxygen atoms in total. The van der Waals surface area contributed by atoms with Crippen molar-refractivity contribution >= 4 is 19.8 Å². The number of hydrogen-bond donors (Lipinski definition) is 1. The van der Waals surface area contributed by atoms with Crippen LogP contribution in [0.15, 0.2) is 122 Å². The van der Waals surface area contributed by atoms with Gasteiger partial charge in [0.2, 0.25) is 0 Å². The molecule has 0 aromatic heterocycles. The number of allylic oxidation sites excluding steroid dienone is 20. The Labute approximate surface area is 492 Å². The summed E-state index contributed by atoms with van der Waals surface area (Å²) in [7, 11) is 1.44. The van der Waals surface area contributed by atoms with Crippen molar-refractivity contribution in [3.8, 4) is 0 Å². The second kappa shape index (κ2) is 60.0. The van der Waals surface area contributed by atoms with E-state index in [1.54, 1.807) is 0 Å². The third-order valence-electron chi connectivity index (χ3n) is 13.5. The molecule has 1 N–H and O–H groups in total. The Morgan fingerprint density at radius 2 is 0.713 bits per heavy atom. The Bertz CT molecular complexity index is 1760. The van der Waals surface area contributed by atoms with Gasteiger partial charge in [-0.25, -0.2) is 4.57 Å². The van der Waals surface area contributed by atoms with Gasteiger partial charge in [0, 0.05) is 12.8 Å². The van der Waals surface area contributed by atoms with Gasteiger partial charge in [-0.3, -0.25) is 18.6 Å². The minimum atomic E-state index is -4.41. The van der Waals surface area contributed by atoms with Crippen molar-refractivity contribution in [1.82, 2.24) is 0 Å². The Kier molecular flexibility index (Phi) is 57.3. The minimum Gasteiger partial charge on any atom is -0.462 e. The van der Waals surface area contributed by atoms with E-state index in [1.807, 2.05) is 21.1 Å². The molecule has 0 amide bonds. The molecule has 0 fully saturated rings. The fourth-order valence-electron chi connectivity index (χ4n) is 8.53. The van der Waals surface area contributed by atoms with Gasteiger partial charge in [-0.1, -0.05) is 257 Å². The number of rotatable bonds is 58. The molecule has 0 aromatic rings. The van der Waals surface area contributed by atoms with Gasteiger partial charge in [-0.2, -0.15) is 0 Å². The molecule has 0 radical (unpaired) electrons. The normalized spacial score (nSPS) is 14.0. The molecule has 0 aliphatic carbocycles. The number of hydrogen-bond acceptors (Lipinski definition) is 7. The third kappa shape index (κ3) is 63.6. The lowest BCUT2D eigenvalue weighted by molar-refractivity contribution is -0.870. The molecule has 0 aliphatic heterocycles. The van der Waals surface area contributed by atoms with E-state index < -0.39 is 26.5 Å². The standard InChI is InChI=1S/C70H120NO8P/c1-6-8-10-12-14-16-18-20-22-24-26-28-30-32-33-34-35-36-37-39-40-42-44-46-48-50-52-54-56-58-60-62-69(72)76-66-68(67-78-80(74,75)77-65-64-71(3,4)5)79-70(73)63-61-59-57-55-53-51-49-47-45-43-41-38-31-29-27-25-23-21-19-17-15-13-11-9-7-2/h9,11,15,17-18,20-21,23-24,26-27,29-30,32,38,41,45,47,51,53,68H,6-8,10,12-14,16,19,22,25,28,31,33-37,39-40,42-44,46,48-50,52,54-67H2,1-5H3/p+1/b11-9-,17-15-,20-18-,23-21-,26-24-,29-27-,32-30-,41-38-,47-45-,53-51-. The number of quaternary nitrogens is 1. The molecule has 2 atom stereocenters. The SMILES string of the molecule is CC/C=C\C/C=C\C/C=C\C/C=C\C/C=C\C/C=C\C/C=C\CCCCCC(=O)OC(COC(=O)CCCCCCCCCCCCCCCCCC/C=C\C/C=C\C/C=C\CCCCCCC)COP(=O)(O)OCC[N+](C)(C)C. The summed E-state index contributed by atoms with van der Waals surface area (Å²) in [6.45, 7) is 4.27. The van der Waals surface area contributed by atoms with Crippen LogP contribution in [0, 0.1) is 0 Å². The van der Waals surface area contributed by atoms with Crippen LogP contribution in [0.3, 0.4) is 0 Å². The molecule has 0 saturated carbocycles. The van der Waals surface area contributed by atoms with E-state index in [9.17, 15) is 19.0 Å². The van der Waals surface area contributed by atoms with Crippen LogP contribution in [0.25, 0.3) is 0 Å². The predicted molar refractivity (Wildman–Crippen MR) is 344 cm³/mol. The van der Waals surface area contributed by atoms with Crippen LogP contribution in [-0.4, -0.2) is 74.9 Å². The van der Waals surface area contributed by atoms with Crippen LogP contribution >= 0.6 is 7.82 Å². The number of ether oxygens (including phenoxy) is 2. The molecule has 0 saturated heterocycles. The number of phosphoric acid groups is 1. The van der Waals surface area contributed by atoms with E-state index in [2.05, 4.69) is 135 Å². The zero-order valence-corrected chi connectivity index (χ0v) is 52.9. The second-order valence-electron chi connectivity index (χ2n) is 22.4. The highest BCUT2D eigenvalue weighted by atomic mass is 31.2. The lowest BCUT2D eigenvalue weighted by Crippen LogP contribution is -2.37. The van der Waals surface area contributed by atoms with Crippen molar-refractivity contribution in [1.29, 1.82) is 0 Å². The average Bonchev–Trinajstić information content (AvgIpc) is 3.42. The lowest BCUT2D eigenvalue weighted by atomic mass is 10.0. The first-order valence-electron chi connectivity index (χ1n) is 32.3. The van der Waals surface area contributed by atoms with E-state index in [0.717, 1.165) is 96.3 Å². The summed E-state index contributed by atoms with van der Waals surface area (Å²) in [5.41, 5.74) is 0.